The van der Waals surface area contributed by atoms with E-state index in [4.69, 9.17) is 0 Å². The second-order valence-corrected chi connectivity index (χ2v) is 6.03. The third kappa shape index (κ3) is 4.14. The quantitative estimate of drug-likeness (QED) is 0.937. The van der Waals surface area contributed by atoms with Gasteiger partial charge in [-0.1, -0.05) is 0 Å². The number of hydrogen-bond donors (Lipinski definition) is 1. The fourth-order valence-corrected chi connectivity index (χ4v) is 2.99. The van der Waals surface area contributed by atoms with Crippen LogP contribution in [0.25, 0.3) is 0 Å². The van der Waals surface area contributed by atoms with Gasteiger partial charge in [-0.3, -0.25) is 14.7 Å². The van der Waals surface area contributed by atoms with E-state index in [2.05, 4.69) is 10.3 Å². The zero-order chi connectivity index (χ0) is 16.9. The van der Waals surface area contributed by atoms with E-state index in [0.717, 1.165) is 31.5 Å². The number of hydrogen-bond acceptors (Lipinski definition) is 3. The van der Waals surface area contributed by atoms with Gasteiger partial charge in [-0.2, -0.15) is 0 Å². The van der Waals surface area contributed by atoms with Crippen LogP contribution in [0.3, 0.4) is 0 Å². The molecule has 2 aromatic rings. The maximum atomic E-state index is 13.8. The lowest BCUT2D eigenvalue weighted by Crippen LogP contribution is -2.47. The van der Waals surface area contributed by atoms with Gasteiger partial charge < -0.3 is 5.32 Å². The summed E-state index contributed by atoms with van der Waals surface area (Å²) in [6, 6.07) is 6.91. The second-order valence-electron chi connectivity index (χ2n) is 6.03. The van der Waals surface area contributed by atoms with Crippen molar-refractivity contribution >= 4 is 5.91 Å². The first kappa shape index (κ1) is 16.5. The monoisotopic (exact) mass is 331 g/mol. The number of carbonyl (C=O) groups is 1. The number of pyridine rings is 1. The predicted molar refractivity (Wildman–Crippen MR) is 86.4 cm³/mol. The van der Waals surface area contributed by atoms with E-state index in [1.54, 1.807) is 18.3 Å². The molecule has 4 nitrogen and oxygen atoms in total. The second kappa shape index (κ2) is 7.49. The number of rotatable bonds is 4. The van der Waals surface area contributed by atoms with Gasteiger partial charge in [-0.15, -0.1) is 0 Å². The Balaban J connectivity index is 1.60. The number of benzene rings is 1. The zero-order valence-electron chi connectivity index (χ0n) is 13.2. The van der Waals surface area contributed by atoms with Crippen LogP contribution in [0, 0.1) is 11.6 Å². The number of nitrogens with zero attached hydrogens (tertiary/aromatic N) is 2. The third-order valence-corrected chi connectivity index (χ3v) is 4.17. The average Bonchev–Trinajstić information content (AvgIpc) is 2.59. The normalized spacial score (nSPS) is 18.3. The van der Waals surface area contributed by atoms with Gasteiger partial charge in [0.05, 0.1) is 5.56 Å². The Morgan fingerprint density at radius 1 is 1.33 bits per heavy atom. The molecule has 1 atom stereocenters. The first-order valence-electron chi connectivity index (χ1n) is 7.99. The average molecular weight is 331 g/mol. The Hall–Kier alpha value is -2.34. The van der Waals surface area contributed by atoms with Crippen molar-refractivity contribution in [2.45, 2.75) is 25.4 Å². The Bertz CT molecular complexity index is 709. The number of carbonyl (C=O) groups excluding carboxylic acids is 1. The smallest absolute Gasteiger partial charge is 0.253 e. The molecule has 126 valence electrons. The summed E-state index contributed by atoms with van der Waals surface area (Å²) in [6.45, 7) is 1.75. The molecule has 6 heteroatoms. The van der Waals surface area contributed by atoms with Gasteiger partial charge in [0.2, 0.25) is 0 Å². The van der Waals surface area contributed by atoms with Crippen molar-refractivity contribution in [3.05, 3.63) is 65.5 Å². The Labute approximate surface area is 139 Å². The number of amides is 1. The fraction of sp³-hybridized carbons (Fsp3) is 0.333. The molecular weight excluding hydrogens is 312 g/mol. The molecule has 0 bridgehead atoms. The van der Waals surface area contributed by atoms with E-state index < -0.39 is 11.6 Å². The molecule has 1 aromatic heterocycles. The van der Waals surface area contributed by atoms with Crippen LogP contribution in [-0.4, -0.2) is 34.9 Å². The number of halogens is 2. The molecule has 0 spiro atoms. The Kier molecular flexibility index (Phi) is 5.15. The summed E-state index contributed by atoms with van der Waals surface area (Å²) in [4.78, 5) is 18.2. The van der Waals surface area contributed by atoms with Crippen molar-refractivity contribution in [1.29, 1.82) is 0 Å². The minimum atomic E-state index is -0.440. The lowest BCUT2D eigenvalue weighted by Gasteiger charge is -2.33. The predicted octanol–water partition coefficient (Wildman–Crippen LogP) is 2.75. The number of nitrogens with one attached hydrogen (secondary N) is 1. The molecule has 1 unspecified atom stereocenters. The van der Waals surface area contributed by atoms with E-state index in [0.29, 0.717) is 24.2 Å². The van der Waals surface area contributed by atoms with Crippen molar-refractivity contribution in [2.75, 3.05) is 13.1 Å². The summed E-state index contributed by atoms with van der Waals surface area (Å²) >= 11 is 0. The summed E-state index contributed by atoms with van der Waals surface area (Å²) in [5.74, 6) is -1.00. The van der Waals surface area contributed by atoms with Crippen LogP contribution in [0.5, 0.6) is 0 Å². The molecule has 1 N–H and O–H groups in total. The van der Waals surface area contributed by atoms with Gasteiger partial charge in [0, 0.05) is 37.1 Å². The molecule has 0 saturated carbocycles. The van der Waals surface area contributed by atoms with E-state index in [1.807, 2.05) is 4.90 Å². The zero-order valence-corrected chi connectivity index (χ0v) is 13.2. The molecule has 1 aliphatic rings. The number of aromatic nitrogens is 1. The van der Waals surface area contributed by atoms with Crippen LogP contribution in [0.2, 0.25) is 0 Å². The first-order chi connectivity index (χ1) is 11.6. The Morgan fingerprint density at radius 2 is 2.21 bits per heavy atom. The molecule has 3 rings (SSSR count). The number of likely N-dealkylation sites (tertiary alicyclic amines) is 1. The van der Waals surface area contributed by atoms with Gasteiger partial charge in [-0.05, 0) is 49.7 Å². The summed E-state index contributed by atoms with van der Waals surface area (Å²) in [6.07, 6.45) is 4.91. The van der Waals surface area contributed by atoms with Crippen LogP contribution in [0.15, 0.2) is 42.7 Å². The van der Waals surface area contributed by atoms with Crippen molar-refractivity contribution in [2.24, 2.45) is 0 Å². The van der Waals surface area contributed by atoms with Gasteiger partial charge in [0.25, 0.3) is 5.91 Å². The summed E-state index contributed by atoms with van der Waals surface area (Å²) in [5.41, 5.74) is 0.861. The van der Waals surface area contributed by atoms with Crippen LogP contribution in [0.1, 0.15) is 28.8 Å². The van der Waals surface area contributed by atoms with Crippen LogP contribution < -0.4 is 5.32 Å². The largest absolute Gasteiger partial charge is 0.348 e. The maximum absolute atomic E-state index is 13.8. The molecule has 2 heterocycles. The summed E-state index contributed by atoms with van der Waals surface area (Å²) in [7, 11) is 0. The van der Waals surface area contributed by atoms with E-state index in [9.17, 15) is 13.6 Å². The summed E-state index contributed by atoms with van der Waals surface area (Å²) < 4.78 is 27.1. The first-order valence-corrected chi connectivity index (χ1v) is 7.99. The topological polar surface area (TPSA) is 45.2 Å². The van der Waals surface area contributed by atoms with Crippen molar-refractivity contribution in [1.82, 2.24) is 15.2 Å². The lowest BCUT2D eigenvalue weighted by atomic mass is 10.0. The minimum Gasteiger partial charge on any atom is -0.348 e. The molecule has 1 amide bonds. The Morgan fingerprint density at radius 3 is 3.00 bits per heavy atom. The molecule has 24 heavy (non-hydrogen) atoms. The standard InChI is InChI=1S/C18H19F2N3O/c19-15-5-6-17(20)14(9-15)11-23-8-2-4-16(12-23)22-18(24)13-3-1-7-21-10-13/h1,3,5-7,9-10,16H,2,4,8,11-12H2,(H,22,24). The highest BCUT2D eigenvalue weighted by Crippen LogP contribution is 2.17. The highest BCUT2D eigenvalue weighted by atomic mass is 19.1. The third-order valence-electron chi connectivity index (χ3n) is 4.17. The van der Waals surface area contributed by atoms with Gasteiger partial charge >= 0.3 is 0 Å². The lowest BCUT2D eigenvalue weighted by molar-refractivity contribution is 0.0900. The molecule has 1 saturated heterocycles. The SMILES string of the molecule is O=C(NC1CCCN(Cc2cc(F)ccc2F)C1)c1cccnc1. The van der Waals surface area contributed by atoms with E-state index >= 15 is 0 Å². The van der Waals surface area contributed by atoms with Crippen molar-refractivity contribution in [3.8, 4) is 0 Å². The molecule has 1 aromatic carbocycles. The number of piperidine rings is 1. The van der Waals surface area contributed by atoms with E-state index in [-0.39, 0.29) is 11.9 Å². The highest BCUT2D eigenvalue weighted by Gasteiger charge is 2.22. The van der Waals surface area contributed by atoms with Crippen molar-refractivity contribution in [3.63, 3.8) is 0 Å². The highest BCUT2D eigenvalue weighted by molar-refractivity contribution is 5.94. The molecule has 1 fully saturated rings. The molecular formula is C18H19F2N3O. The van der Waals surface area contributed by atoms with E-state index in [1.165, 1.54) is 12.3 Å². The van der Waals surface area contributed by atoms with Gasteiger partial charge in [0.1, 0.15) is 11.6 Å². The fourth-order valence-electron chi connectivity index (χ4n) is 2.99. The van der Waals surface area contributed by atoms with Crippen LogP contribution in [0.4, 0.5) is 8.78 Å². The van der Waals surface area contributed by atoms with Crippen molar-refractivity contribution < 1.29 is 13.6 Å². The molecule has 0 radical (unpaired) electrons. The molecule has 1 aliphatic heterocycles. The van der Waals surface area contributed by atoms with Gasteiger partial charge in [-0.25, -0.2) is 8.78 Å². The maximum Gasteiger partial charge on any atom is 0.253 e. The van der Waals surface area contributed by atoms with Crippen LogP contribution >= 0.6 is 0 Å². The minimum absolute atomic E-state index is 0.0110. The molecule has 0 aliphatic carbocycles. The van der Waals surface area contributed by atoms with Crippen LogP contribution in [-0.2, 0) is 6.54 Å². The van der Waals surface area contributed by atoms with Gasteiger partial charge in [0.15, 0.2) is 0 Å². The summed E-state index contributed by atoms with van der Waals surface area (Å²) in [5, 5.41) is 2.99.